The summed E-state index contributed by atoms with van der Waals surface area (Å²) in [7, 11) is -3.83. The van der Waals surface area contributed by atoms with E-state index in [1.54, 1.807) is 6.08 Å². The maximum atomic E-state index is 10.5. The van der Waals surface area contributed by atoms with E-state index < -0.39 is 10.1 Å². The fourth-order valence-corrected chi connectivity index (χ4v) is 3.32. The summed E-state index contributed by atoms with van der Waals surface area (Å²) in [6, 6.07) is 0. The molecule has 0 unspecified atom stereocenters. The molecule has 0 fully saturated rings. The molecule has 0 saturated heterocycles. The highest BCUT2D eigenvalue weighted by Crippen LogP contribution is 2.13. The Bertz CT molecular complexity index is 374. The molecule has 0 aromatic rings. The molecule has 0 amide bonds. The fraction of sp³-hybridized carbons (Fsp3) is 0.900. The molecule has 0 radical (unpaired) electrons. The first-order valence-corrected chi connectivity index (χ1v) is 11.8. The molecule has 0 heterocycles. The van der Waals surface area contributed by atoms with Crippen LogP contribution in [-0.2, 0) is 10.1 Å². The van der Waals surface area contributed by atoms with Crippen molar-refractivity contribution in [3.8, 4) is 0 Å². The van der Waals surface area contributed by atoms with E-state index in [4.69, 9.17) is 4.55 Å². The van der Waals surface area contributed by atoms with Gasteiger partial charge in [0.1, 0.15) is 0 Å². The lowest BCUT2D eigenvalue weighted by Crippen LogP contribution is -1.99. The zero-order valence-electron chi connectivity index (χ0n) is 15.8. The lowest BCUT2D eigenvalue weighted by atomic mass is 10.0. The molecule has 0 bridgehead atoms. The van der Waals surface area contributed by atoms with Crippen LogP contribution in [-0.4, -0.2) is 18.7 Å². The Morgan fingerprint density at radius 3 is 1.38 bits per heavy atom. The number of unbranched alkanes of at least 4 members (excludes halogenated alkanes) is 15. The molecular formula is C20H40O3S. The molecule has 144 valence electrons. The minimum absolute atomic E-state index is 0.258. The van der Waals surface area contributed by atoms with Crippen molar-refractivity contribution in [1.82, 2.24) is 0 Å². The summed E-state index contributed by atoms with van der Waals surface area (Å²) in [5.74, 6) is -0.258. The van der Waals surface area contributed by atoms with Crippen LogP contribution in [0.15, 0.2) is 12.2 Å². The van der Waals surface area contributed by atoms with Crippen LogP contribution >= 0.6 is 0 Å². The van der Waals surface area contributed by atoms with Crippen LogP contribution in [0.25, 0.3) is 0 Å². The van der Waals surface area contributed by atoms with E-state index in [-0.39, 0.29) is 5.75 Å². The van der Waals surface area contributed by atoms with E-state index in [1.807, 2.05) is 6.08 Å². The first-order valence-electron chi connectivity index (χ1n) is 10.2. The Kier molecular flexibility index (Phi) is 17.2. The van der Waals surface area contributed by atoms with Crippen LogP contribution in [0.4, 0.5) is 0 Å². The first kappa shape index (κ1) is 23.6. The van der Waals surface area contributed by atoms with E-state index in [9.17, 15) is 8.42 Å². The van der Waals surface area contributed by atoms with Crippen LogP contribution in [0.2, 0.25) is 0 Å². The second-order valence-electron chi connectivity index (χ2n) is 6.96. The third-order valence-electron chi connectivity index (χ3n) is 4.45. The van der Waals surface area contributed by atoms with Crippen molar-refractivity contribution in [2.45, 2.75) is 110 Å². The third kappa shape index (κ3) is 21.6. The van der Waals surface area contributed by atoms with Gasteiger partial charge in [0, 0.05) is 0 Å². The van der Waals surface area contributed by atoms with Crippen LogP contribution < -0.4 is 0 Å². The Morgan fingerprint density at radius 1 is 0.625 bits per heavy atom. The second kappa shape index (κ2) is 17.5. The maximum absolute atomic E-state index is 10.5. The van der Waals surface area contributed by atoms with Gasteiger partial charge in [-0.3, -0.25) is 4.55 Å². The van der Waals surface area contributed by atoms with Crippen molar-refractivity contribution < 1.29 is 13.0 Å². The Hall–Kier alpha value is -0.350. The van der Waals surface area contributed by atoms with Crippen LogP contribution in [0.3, 0.4) is 0 Å². The van der Waals surface area contributed by atoms with Gasteiger partial charge in [-0.25, -0.2) is 0 Å². The van der Waals surface area contributed by atoms with Gasteiger partial charge in [0.05, 0.1) is 5.75 Å². The summed E-state index contributed by atoms with van der Waals surface area (Å²) in [5.41, 5.74) is 0. The number of rotatable bonds is 18. The van der Waals surface area contributed by atoms with Gasteiger partial charge in [-0.05, 0) is 12.8 Å². The monoisotopic (exact) mass is 360 g/mol. The SMILES string of the molecule is CCCCCCCCCCCCCCCCCC=CCS(=O)(=O)O. The molecule has 0 rings (SSSR count). The van der Waals surface area contributed by atoms with Crippen LogP contribution in [0.1, 0.15) is 110 Å². The van der Waals surface area contributed by atoms with Gasteiger partial charge in [-0.1, -0.05) is 109 Å². The molecule has 0 aliphatic heterocycles. The number of allylic oxidation sites excluding steroid dienone is 1. The third-order valence-corrected chi connectivity index (χ3v) is 5.06. The first-order chi connectivity index (χ1) is 11.6. The Balaban J connectivity index is 3.10. The van der Waals surface area contributed by atoms with E-state index in [0.29, 0.717) is 0 Å². The topological polar surface area (TPSA) is 54.4 Å². The molecule has 0 aliphatic carbocycles. The van der Waals surface area contributed by atoms with E-state index >= 15 is 0 Å². The molecule has 0 saturated carbocycles. The molecule has 0 spiro atoms. The Labute approximate surface area is 151 Å². The standard InChI is InChI=1S/C20H40O3S/c1-2-3-4-5-6-7-8-9-10-11-12-13-14-15-16-17-18-19-20-24(21,22)23/h18-19H,2-17,20H2,1H3,(H,21,22,23). The normalized spacial score (nSPS) is 12.2. The van der Waals surface area contributed by atoms with Crippen molar-refractivity contribution >= 4 is 10.1 Å². The lowest BCUT2D eigenvalue weighted by molar-refractivity contribution is 0.486. The zero-order chi connectivity index (χ0) is 17.9. The van der Waals surface area contributed by atoms with Gasteiger partial charge in [0.15, 0.2) is 0 Å². The van der Waals surface area contributed by atoms with Crippen molar-refractivity contribution in [3.63, 3.8) is 0 Å². The Morgan fingerprint density at radius 2 is 1.00 bits per heavy atom. The molecule has 0 aliphatic rings. The smallest absolute Gasteiger partial charge is 0.268 e. The quantitative estimate of drug-likeness (QED) is 0.168. The summed E-state index contributed by atoms with van der Waals surface area (Å²) < 4.78 is 29.6. The van der Waals surface area contributed by atoms with Crippen molar-refractivity contribution in [1.29, 1.82) is 0 Å². The van der Waals surface area contributed by atoms with Gasteiger partial charge < -0.3 is 0 Å². The lowest BCUT2D eigenvalue weighted by Gasteiger charge is -2.03. The van der Waals surface area contributed by atoms with Crippen molar-refractivity contribution in [2.75, 3.05) is 5.75 Å². The summed E-state index contributed by atoms with van der Waals surface area (Å²) >= 11 is 0. The molecule has 1 N–H and O–H groups in total. The molecule has 4 heteroatoms. The van der Waals surface area contributed by atoms with E-state index in [2.05, 4.69) is 6.92 Å². The zero-order valence-corrected chi connectivity index (χ0v) is 16.7. The van der Waals surface area contributed by atoms with E-state index in [0.717, 1.165) is 12.8 Å². The van der Waals surface area contributed by atoms with Gasteiger partial charge >= 0.3 is 0 Å². The predicted octanol–water partition coefficient (Wildman–Crippen LogP) is 6.69. The predicted molar refractivity (Wildman–Crippen MR) is 105 cm³/mol. The average Bonchev–Trinajstić information content (AvgIpc) is 2.52. The molecule has 0 aromatic carbocycles. The summed E-state index contributed by atoms with van der Waals surface area (Å²) in [6.07, 6.45) is 24.7. The van der Waals surface area contributed by atoms with Crippen molar-refractivity contribution in [3.05, 3.63) is 12.2 Å². The van der Waals surface area contributed by atoms with Gasteiger partial charge in [-0.15, -0.1) is 0 Å². The maximum Gasteiger partial charge on any atom is 0.268 e. The highest BCUT2D eigenvalue weighted by Gasteiger charge is 1.98. The molecule has 0 atom stereocenters. The molecule has 3 nitrogen and oxygen atoms in total. The van der Waals surface area contributed by atoms with Crippen LogP contribution in [0, 0.1) is 0 Å². The van der Waals surface area contributed by atoms with Gasteiger partial charge in [0.2, 0.25) is 0 Å². The summed E-state index contributed by atoms with van der Waals surface area (Å²) in [6.45, 7) is 2.27. The summed E-state index contributed by atoms with van der Waals surface area (Å²) in [5, 5.41) is 0. The van der Waals surface area contributed by atoms with Crippen LogP contribution in [0.5, 0.6) is 0 Å². The highest BCUT2D eigenvalue weighted by molar-refractivity contribution is 7.85. The minimum atomic E-state index is -3.83. The second-order valence-corrected chi connectivity index (χ2v) is 8.46. The summed E-state index contributed by atoms with van der Waals surface area (Å²) in [4.78, 5) is 0. The average molecular weight is 361 g/mol. The number of hydrogen-bond acceptors (Lipinski definition) is 2. The van der Waals surface area contributed by atoms with Gasteiger partial charge in [0.25, 0.3) is 10.1 Å². The van der Waals surface area contributed by atoms with Gasteiger partial charge in [-0.2, -0.15) is 8.42 Å². The van der Waals surface area contributed by atoms with E-state index in [1.165, 1.54) is 89.9 Å². The molecule has 24 heavy (non-hydrogen) atoms. The minimum Gasteiger partial charge on any atom is -0.285 e. The molecular weight excluding hydrogens is 320 g/mol. The molecule has 0 aromatic heterocycles. The fourth-order valence-electron chi connectivity index (χ4n) is 2.94. The largest absolute Gasteiger partial charge is 0.285 e. The van der Waals surface area contributed by atoms with Crippen molar-refractivity contribution in [2.24, 2.45) is 0 Å². The highest BCUT2D eigenvalue weighted by atomic mass is 32.2. The number of hydrogen-bond donors (Lipinski definition) is 1.